The maximum Gasteiger partial charge on any atom is 0.115 e. The fourth-order valence-corrected chi connectivity index (χ4v) is 1.29. The highest BCUT2D eigenvalue weighted by molar-refractivity contribution is 5.06. The van der Waals surface area contributed by atoms with E-state index >= 15 is 0 Å². The van der Waals surface area contributed by atoms with E-state index in [0.29, 0.717) is 13.0 Å². The van der Waals surface area contributed by atoms with Crippen LogP contribution >= 0.6 is 0 Å². The molecule has 1 aromatic rings. The van der Waals surface area contributed by atoms with E-state index in [-0.39, 0.29) is 12.0 Å². The Morgan fingerprint density at radius 1 is 1.62 bits per heavy atom. The standard InChI is InChI=1S/C9H15N3O/c1-7(13)4-8(5-10)9-2-3-11-6-12-9/h2-3,6-8,13H,4-5,10H2,1H3. The molecule has 0 aliphatic heterocycles. The summed E-state index contributed by atoms with van der Waals surface area (Å²) < 4.78 is 0. The summed E-state index contributed by atoms with van der Waals surface area (Å²) in [5.41, 5.74) is 6.48. The summed E-state index contributed by atoms with van der Waals surface area (Å²) in [6.45, 7) is 2.26. The Morgan fingerprint density at radius 2 is 2.38 bits per heavy atom. The van der Waals surface area contributed by atoms with Gasteiger partial charge in [0.15, 0.2) is 0 Å². The van der Waals surface area contributed by atoms with Crippen molar-refractivity contribution >= 4 is 0 Å². The quantitative estimate of drug-likeness (QED) is 0.700. The lowest BCUT2D eigenvalue weighted by Crippen LogP contribution is -2.18. The Kier molecular flexibility index (Phi) is 3.79. The molecular weight excluding hydrogens is 166 g/mol. The minimum absolute atomic E-state index is 0.128. The molecule has 0 aliphatic carbocycles. The molecule has 3 N–H and O–H groups in total. The zero-order valence-corrected chi connectivity index (χ0v) is 7.72. The third kappa shape index (κ3) is 3.08. The molecule has 72 valence electrons. The lowest BCUT2D eigenvalue weighted by molar-refractivity contribution is 0.174. The molecule has 2 atom stereocenters. The van der Waals surface area contributed by atoms with Gasteiger partial charge in [-0.05, 0) is 19.4 Å². The van der Waals surface area contributed by atoms with E-state index in [2.05, 4.69) is 9.97 Å². The van der Waals surface area contributed by atoms with Crippen LogP contribution in [-0.4, -0.2) is 27.7 Å². The Balaban J connectivity index is 2.67. The lowest BCUT2D eigenvalue weighted by Gasteiger charge is -2.15. The first-order valence-electron chi connectivity index (χ1n) is 4.38. The highest BCUT2D eigenvalue weighted by Gasteiger charge is 2.13. The van der Waals surface area contributed by atoms with Crippen molar-refractivity contribution in [3.8, 4) is 0 Å². The van der Waals surface area contributed by atoms with Crippen molar-refractivity contribution in [3.05, 3.63) is 24.3 Å². The molecule has 0 radical (unpaired) electrons. The van der Waals surface area contributed by atoms with Gasteiger partial charge in [0.05, 0.1) is 6.10 Å². The SMILES string of the molecule is CC(O)CC(CN)c1ccncn1. The highest BCUT2D eigenvalue weighted by atomic mass is 16.3. The molecule has 1 rings (SSSR count). The molecule has 4 nitrogen and oxygen atoms in total. The van der Waals surface area contributed by atoms with Crippen LogP contribution in [0.15, 0.2) is 18.6 Å². The van der Waals surface area contributed by atoms with Crippen molar-refractivity contribution in [2.75, 3.05) is 6.54 Å². The van der Waals surface area contributed by atoms with Gasteiger partial charge in [0.2, 0.25) is 0 Å². The van der Waals surface area contributed by atoms with Crippen LogP contribution < -0.4 is 5.73 Å². The molecule has 0 aromatic carbocycles. The van der Waals surface area contributed by atoms with E-state index < -0.39 is 0 Å². The average molecular weight is 181 g/mol. The number of hydrogen-bond donors (Lipinski definition) is 2. The molecule has 0 spiro atoms. The van der Waals surface area contributed by atoms with Crippen LogP contribution in [0.3, 0.4) is 0 Å². The molecule has 1 heterocycles. The third-order valence-electron chi connectivity index (χ3n) is 1.93. The Morgan fingerprint density at radius 3 is 2.85 bits per heavy atom. The summed E-state index contributed by atoms with van der Waals surface area (Å²) in [6, 6.07) is 1.83. The molecule has 0 aliphatic rings. The van der Waals surface area contributed by atoms with Crippen LogP contribution in [-0.2, 0) is 0 Å². The van der Waals surface area contributed by atoms with E-state index in [9.17, 15) is 5.11 Å². The summed E-state index contributed by atoms with van der Waals surface area (Å²) in [7, 11) is 0. The molecule has 0 saturated heterocycles. The summed E-state index contributed by atoms with van der Waals surface area (Å²) in [4.78, 5) is 7.93. The summed E-state index contributed by atoms with van der Waals surface area (Å²) in [5, 5.41) is 9.22. The van der Waals surface area contributed by atoms with Crippen LogP contribution in [0.2, 0.25) is 0 Å². The van der Waals surface area contributed by atoms with E-state index in [4.69, 9.17) is 5.73 Å². The first-order valence-corrected chi connectivity index (χ1v) is 4.38. The number of aliphatic hydroxyl groups excluding tert-OH is 1. The largest absolute Gasteiger partial charge is 0.393 e. The van der Waals surface area contributed by atoms with Gasteiger partial charge < -0.3 is 10.8 Å². The number of nitrogens with two attached hydrogens (primary N) is 1. The number of rotatable bonds is 4. The van der Waals surface area contributed by atoms with Crippen molar-refractivity contribution in [2.24, 2.45) is 5.73 Å². The molecule has 13 heavy (non-hydrogen) atoms. The van der Waals surface area contributed by atoms with Crippen LogP contribution in [0.4, 0.5) is 0 Å². The molecule has 2 unspecified atom stereocenters. The lowest BCUT2D eigenvalue weighted by atomic mass is 9.98. The fraction of sp³-hybridized carbons (Fsp3) is 0.556. The second-order valence-corrected chi connectivity index (χ2v) is 3.15. The Hall–Kier alpha value is -1.00. The first kappa shape index (κ1) is 10.1. The Labute approximate surface area is 77.8 Å². The van der Waals surface area contributed by atoms with Gasteiger partial charge in [0, 0.05) is 24.4 Å². The van der Waals surface area contributed by atoms with Gasteiger partial charge in [-0.25, -0.2) is 9.97 Å². The molecule has 0 saturated carbocycles. The van der Waals surface area contributed by atoms with Crippen LogP contribution in [0.1, 0.15) is 25.0 Å². The molecule has 1 aromatic heterocycles. The molecular formula is C9H15N3O. The number of hydrogen-bond acceptors (Lipinski definition) is 4. The van der Waals surface area contributed by atoms with Crippen LogP contribution in [0.5, 0.6) is 0 Å². The maximum absolute atomic E-state index is 9.22. The van der Waals surface area contributed by atoms with Gasteiger partial charge in [-0.2, -0.15) is 0 Å². The average Bonchev–Trinajstić information content (AvgIpc) is 2.15. The molecule has 0 fully saturated rings. The minimum Gasteiger partial charge on any atom is -0.393 e. The van der Waals surface area contributed by atoms with E-state index in [1.54, 1.807) is 13.1 Å². The van der Waals surface area contributed by atoms with Crippen LogP contribution in [0.25, 0.3) is 0 Å². The normalized spacial score (nSPS) is 15.3. The van der Waals surface area contributed by atoms with Crippen molar-refractivity contribution < 1.29 is 5.11 Å². The summed E-state index contributed by atoms with van der Waals surface area (Å²) in [5.74, 6) is 0.128. The molecule has 4 heteroatoms. The van der Waals surface area contributed by atoms with Gasteiger partial charge in [-0.1, -0.05) is 0 Å². The summed E-state index contributed by atoms with van der Waals surface area (Å²) in [6.07, 6.45) is 3.49. The number of aromatic nitrogens is 2. The second kappa shape index (κ2) is 4.89. The minimum atomic E-state index is -0.344. The summed E-state index contributed by atoms with van der Waals surface area (Å²) >= 11 is 0. The first-order chi connectivity index (χ1) is 6.24. The zero-order chi connectivity index (χ0) is 9.68. The predicted octanol–water partition coefficient (Wildman–Crippen LogP) is 0.290. The zero-order valence-electron chi connectivity index (χ0n) is 7.72. The second-order valence-electron chi connectivity index (χ2n) is 3.15. The van der Waals surface area contributed by atoms with Gasteiger partial charge in [-0.15, -0.1) is 0 Å². The number of nitrogens with zero attached hydrogens (tertiary/aromatic N) is 2. The van der Waals surface area contributed by atoms with Gasteiger partial charge in [0.1, 0.15) is 6.33 Å². The topological polar surface area (TPSA) is 72.0 Å². The van der Waals surface area contributed by atoms with Crippen molar-refractivity contribution in [3.63, 3.8) is 0 Å². The van der Waals surface area contributed by atoms with Gasteiger partial charge in [0.25, 0.3) is 0 Å². The van der Waals surface area contributed by atoms with E-state index in [1.165, 1.54) is 6.33 Å². The fourth-order valence-electron chi connectivity index (χ4n) is 1.29. The molecule has 0 bridgehead atoms. The number of aliphatic hydroxyl groups is 1. The van der Waals surface area contributed by atoms with Crippen molar-refractivity contribution in [1.82, 2.24) is 9.97 Å². The van der Waals surface area contributed by atoms with Crippen molar-refractivity contribution in [2.45, 2.75) is 25.4 Å². The molecule has 0 amide bonds. The monoisotopic (exact) mass is 181 g/mol. The highest BCUT2D eigenvalue weighted by Crippen LogP contribution is 2.16. The maximum atomic E-state index is 9.22. The third-order valence-corrected chi connectivity index (χ3v) is 1.93. The van der Waals surface area contributed by atoms with Crippen LogP contribution in [0, 0.1) is 0 Å². The van der Waals surface area contributed by atoms with Gasteiger partial charge in [-0.3, -0.25) is 0 Å². The van der Waals surface area contributed by atoms with E-state index in [1.807, 2.05) is 6.07 Å². The van der Waals surface area contributed by atoms with Gasteiger partial charge >= 0.3 is 0 Å². The smallest absolute Gasteiger partial charge is 0.115 e. The predicted molar refractivity (Wildman–Crippen MR) is 50.1 cm³/mol. The van der Waals surface area contributed by atoms with E-state index in [0.717, 1.165) is 5.69 Å². The van der Waals surface area contributed by atoms with Crippen molar-refractivity contribution in [1.29, 1.82) is 0 Å². The Bertz CT molecular complexity index is 238.